The molecule has 16 heavy (non-hydrogen) atoms. The number of para-hydroxylation sites is 1. The minimum Gasteiger partial charge on any atom is -0.488 e. The van der Waals surface area contributed by atoms with Crippen LogP contribution < -0.4 is 4.74 Å². The quantitative estimate of drug-likeness (QED) is 0.766. The molecule has 0 aliphatic carbocycles. The lowest BCUT2D eigenvalue weighted by atomic mass is 10.2. The standard InChI is InChI=1S/C13H18O3/c1-2-15-13(9-6-10-16-13)11-14-12-7-4-3-5-8-12/h3-5,7-8H,2,6,9-11H2,1H3. The van der Waals surface area contributed by atoms with Gasteiger partial charge in [-0.05, 0) is 25.5 Å². The summed E-state index contributed by atoms with van der Waals surface area (Å²) < 4.78 is 17.0. The van der Waals surface area contributed by atoms with E-state index in [0.29, 0.717) is 13.2 Å². The molecule has 2 rings (SSSR count). The fraction of sp³-hybridized carbons (Fsp3) is 0.538. The number of hydrogen-bond donors (Lipinski definition) is 0. The number of ether oxygens (including phenoxy) is 3. The zero-order chi connectivity index (χ0) is 11.3. The summed E-state index contributed by atoms with van der Waals surface area (Å²) in [4.78, 5) is 0. The molecular weight excluding hydrogens is 204 g/mol. The van der Waals surface area contributed by atoms with Crippen molar-refractivity contribution in [2.45, 2.75) is 25.6 Å². The summed E-state index contributed by atoms with van der Waals surface area (Å²) in [5.74, 6) is 0.335. The molecule has 1 atom stereocenters. The third-order valence-electron chi connectivity index (χ3n) is 2.68. The molecule has 1 unspecified atom stereocenters. The lowest BCUT2D eigenvalue weighted by molar-refractivity contribution is -0.222. The highest BCUT2D eigenvalue weighted by molar-refractivity contribution is 5.21. The molecule has 3 heteroatoms. The number of benzene rings is 1. The van der Waals surface area contributed by atoms with Crippen molar-refractivity contribution in [3.05, 3.63) is 30.3 Å². The van der Waals surface area contributed by atoms with E-state index >= 15 is 0 Å². The second-order valence-electron chi connectivity index (χ2n) is 3.90. The number of hydrogen-bond acceptors (Lipinski definition) is 3. The summed E-state index contributed by atoms with van der Waals surface area (Å²) in [6, 6.07) is 9.76. The third kappa shape index (κ3) is 2.74. The normalized spacial score (nSPS) is 24.6. The van der Waals surface area contributed by atoms with Crippen LogP contribution in [0, 0.1) is 0 Å². The SMILES string of the molecule is CCOC1(COc2ccccc2)CCCO1. The topological polar surface area (TPSA) is 27.7 Å². The van der Waals surface area contributed by atoms with Crippen molar-refractivity contribution in [3.8, 4) is 5.75 Å². The molecule has 0 radical (unpaired) electrons. The van der Waals surface area contributed by atoms with Crippen LogP contribution >= 0.6 is 0 Å². The molecule has 1 fully saturated rings. The maximum Gasteiger partial charge on any atom is 0.202 e. The van der Waals surface area contributed by atoms with Gasteiger partial charge in [0.05, 0.1) is 6.61 Å². The van der Waals surface area contributed by atoms with Gasteiger partial charge in [-0.3, -0.25) is 0 Å². The van der Waals surface area contributed by atoms with Crippen LogP contribution in [-0.4, -0.2) is 25.6 Å². The van der Waals surface area contributed by atoms with Gasteiger partial charge in [0.1, 0.15) is 12.4 Å². The van der Waals surface area contributed by atoms with Crippen molar-refractivity contribution in [1.82, 2.24) is 0 Å². The summed E-state index contributed by atoms with van der Waals surface area (Å²) in [6.45, 7) is 3.85. The lowest BCUT2D eigenvalue weighted by Crippen LogP contribution is -2.38. The van der Waals surface area contributed by atoms with Gasteiger partial charge >= 0.3 is 0 Å². The monoisotopic (exact) mass is 222 g/mol. The summed E-state index contributed by atoms with van der Waals surface area (Å²) in [5, 5.41) is 0. The van der Waals surface area contributed by atoms with Gasteiger partial charge in [-0.1, -0.05) is 18.2 Å². The number of rotatable bonds is 5. The summed E-state index contributed by atoms with van der Waals surface area (Å²) in [7, 11) is 0. The Balaban J connectivity index is 1.92. The fourth-order valence-corrected chi connectivity index (χ4v) is 1.91. The molecule has 0 N–H and O–H groups in total. The highest BCUT2D eigenvalue weighted by atomic mass is 16.7. The van der Waals surface area contributed by atoms with Gasteiger partial charge in [-0.25, -0.2) is 0 Å². The van der Waals surface area contributed by atoms with E-state index in [-0.39, 0.29) is 0 Å². The van der Waals surface area contributed by atoms with Crippen LogP contribution in [0.15, 0.2) is 30.3 Å². The van der Waals surface area contributed by atoms with Crippen LogP contribution in [0.1, 0.15) is 19.8 Å². The Morgan fingerprint density at radius 3 is 2.75 bits per heavy atom. The minimum atomic E-state index is -0.523. The van der Waals surface area contributed by atoms with Crippen molar-refractivity contribution < 1.29 is 14.2 Å². The van der Waals surface area contributed by atoms with Gasteiger partial charge in [0.25, 0.3) is 0 Å². The first-order valence-electron chi connectivity index (χ1n) is 5.80. The van der Waals surface area contributed by atoms with Crippen molar-refractivity contribution >= 4 is 0 Å². The molecule has 3 nitrogen and oxygen atoms in total. The lowest BCUT2D eigenvalue weighted by Gasteiger charge is -2.27. The third-order valence-corrected chi connectivity index (χ3v) is 2.68. The Bertz CT molecular complexity index is 304. The van der Waals surface area contributed by atoms with Crippen molar-refractivity contribution in [2.75, 3.05) is 19.8 Å². The second-order valence-corrected chi connectivity index (χ2v) is 3.90. The molecule has 0 spiro atoms. The summed E-state index contributed by atoms with van der Waals surface area (Å²) in [6.07, 6.45) is 1.95. The molecule has 0 saturated carbocycles. The molecule has 1 aromatic carbocycles. The van der Waals surface area contributed by atoms with Crippen LogP contribution in [0.4, 0.5) is 0 Å². The summed E-state index contributed by atoms with van der Waals surface area (Å²) in [5.41, 5.74) is 0. The van der Waals surface area contributed by atoms with Crippen LogP contribution in [0.3, 0.4) is 0 Å². The van der Waals surface area contributed by atoms with Crippen LogP contribution in [-0.2, 0) is 9.47 Å². The summed E-state index contributed by atoms with van der Waals surface area (Å²) >= 11 is 0. The molecule has 0 amide bonds. The highest BCUT2D eigenvalue weighted by Crippen LogP contribution is 2.28. The van der Waals surface area contributed by atoms with Gasteiger partial charge in [-0.2, -0.15) is 0 Å². The van der Waals surface area contributed by atoms with Crippen molar-refractivity contribution in [2.24, 2.45) is 0 Å². The van der Waals surface area contributed by atoms with Gasteiger partial charge in [0.15, 0.2) is 0 Å². The van der Waals surface area contributed by atoms with E-state index in [1.807, 2.05) is 37.3 Å². The molecule has 0 aromatic heterocycles. The predicted molar refractivity (Wildman–Crippen MR) is 61.5 cm³/mol. The Kier molecular flexibility index (Phi) is 3.80. The van der Waals surface area contributed by atoms with E-state index < -0.39 is 5.79 Å². The fourth-order valence-electron chi connectivity index (χ4n) is 1.91. The van der Waals surface area contributed by atoms with Crippen LogP contribution in [0.2, 0.25) is 0 Å². The zero-order valence-corrected chi connectivity index (χ0v) is 9.65. The molecule has 0 bridgehead atoms. The molecule has 1 aromatic rings. The first-order chi connectivity index (χ1) is 7.85. The molecular formula is C13H18O3. The van der Waals surface area contributed by atoms with E-state index in [1.54, 1.807) is 0 Å². The Morgan fingerprint density at radius 2 is 2.12 bits per heavy atom. The van der Waals surface area contributed by atoms with E-state index in [0.717, 1.165) is 25.2 Å². The Hall–Kier alpha value is -1.06. The van der Waals surface area contributed by atoms with Crippen molar-refractivity contribution in [3.63, 3.8) is 0 Å². The van der Waals surface area contributed by atoms with Gasteiger partial charge in [-0.15, -0.1) is 0 Å². The highest BCUT2D eigenvalue weighted by Gasteiger charge is 2.36. The predicted octanol–water partition coefficient (Wildman–Crippen LogP) is 2.61. The minimum absolute atomic E-state index is 0.463. The molecule has 1 aliphatic rings. The zero-order valence-electron chi connectivity index (χ0n) is 9.65. The molecule has 1 heterocycles. The van der Waals surface area contributed by atoms with Gasteiger partial charge in [0, 0.05) is 13.0 Å². The van der Waals surface area contributed by atoms with E-state index in [1.165, 1.54) is 0 Å². The average Bonchev–Trinajstić information content (AvgIpc) is 2.78. The van der Waals surface area contributed by atoms with Gasteiger partial charge < -0.3 is 14.2 Å². The van der Waals surface area contributed by atoms with Crippen LogP contribution in [0.25, 0.3) is 0 Å². The molecule has 88 valence electrons. The van der Waals surface area contributed by atoms with Gasteiger partial charge in [0.2, 0.25) is 5.79 Å². The molecule has 1 aliphatic heterocycles. The first kappa shape index (κ1) is 11.4. The van der Waals surface area contributed by atoms with Crippen LogP contribution in [0.5, 0.6) is 5.75 Å². The first-order valence-corrected chi connectivity index (χ1v) is 5.80. The average molecular weight is 222 g/mol. The van der Waals surface area contributed by atoms with E-state index in [9.17, 15) is 0 Å². The Labute approximate surface area is 96.3 Å². The largest absolute Gasteiger partial charge is 0.488 e. The molecule has 1 saturated heterocycles. The smallest absolute Gasteiger partial charge is 0.202 e. The maximum atomic E-state index is 5.70. The second kappa shape index (κ2) is 5.32. The van der Waals surface area contributed by atoms with E-state index in [4.69, 9.17) is 14.2 Å². The maximum absolute atomic E-state index is 5.70. The van der Waals surface area contributed by atoms with Crippen molar-refractivity contribution in [1.29, 1.82) is 0 Å². The van der Waals surface area contributed by atoms with E-state index in [2.05, 4.69) is 0 Å². The Morgan fingerprint density at radius 1 is 1.31 bits per heavy atom.